The van der Waals surface area contributed by atoms with Gasteiger partial charge in [-0.25, -0.2) is 9.78 Å². The lowest BCUT2D eigenvalue weighted by Crippen LogP contribution is -2.52. The van der Waals surface area contributed by atoms with Crippen molar-refractivity contribution in [2.24, 2.45) is 11.8 Å². The SMILES string of the molecule is CC(C)C(=O)c1cnc(C(C)CC[C@H](Cc2ccccc2)NC(=O)C(NC(=O)OCc2ccccc2)C(C)C)[nH]1.Cc1ccccc1. The number of hydrogen-bond acceptors (Lipinski definition) is 5. The van der Waals surface area contributed by atoms with E-state index in [9.17, 15) is 14.4 Å². The number of hydrogen-bond donors (Lipinski definition) is 3. The van der Waals surface area contributed by atoms with Crippen LogP contribution in [0.25, 0.3) is 0 Å². The quantitative estimate of drug-likeness (QED) is 0.122. The zero-order valence-electron chi connectivity index (χ0n) is 28.5. The predicted octanol–water partition coefficient (Wildman–Crippen LogP) is 7.81. The minimum atomic E-state index is -0.742. The summed E-state index contributed by atoms with van der Waals surface area (Å²) in [6.45, 7) is 11.8. The van der Waals surface area contributed by atoms with Gasteiger partial charge in [-0.3, -0.25) is 9.59 Å². The summed E-state index contributed by atoms with van der Waals surface area (Å²) in [6, 6.07) is 28.8. The Bertz CT molecular complexity index is 1500. The highest BCUT2D eigenvalue weighted by molar-refractivity contribution is 5.95. The molecule has 0 aliphatic heterocycles. The summed E-state index contributed by atoms with van der Waals surface area (Å²) < 4.78 is 5.36. The van der Waals surface area contributed by atoms with Gasteiger partial charge in [-0.15, -0.1) is 0 Å². The fraction of sp³-hybridized carbons (Fsp3) is 0.385. The summed E-state index contributed by atoms with van der Waals surface area (Å²) in [4.78, 5) is 45.9. The van der Waals surface area contributed by atoms with Crippen LogP contribution in [0.3, 0.4) is 0 Å². The number of Topliss-reactive ketones (excluding diaryl/α,β-unsaturated/α-hetero) is 1. The van der Waals surface area contributed by atoms with Gasteiger partial charge in [0.15, 0.2) is 5.78 Å². The molecule has 8 nitrogen and oxygen atoms in total. The highest BCUT2D eigenvalue weighted by Crippen LogP contribution is 2.21. The molecule has 3 N–H and O–H groups in total. The van der Waals surface area contributed by atoms with Crippen LogP contribution in [0.2, 0.25) is 0 Å². The van der Waals surface area contributed by atoms with Crippen molar-refractivity contribution in [1.82, 2.24) is 20.6 Å². The van der Waals surface area contributed by atoms with Crippen LogP contribution < -0.4 is 10.6 Å². The normalized spacial score (nSPS) is 12.8. The Balaban J connectivity index is 0.000000756. The third-order valence-corrected chi connectivity index (χ3v) is 7.85. The number of amides is 2. The highest BCUT2D eigenvalue weighted by atomic mass is 16.5. The number of benzene rings is 3. The smallest absolute Gasteiger partial charge is 0.408 e. The second kappa shape index (κ2) is 19.1. The first-order chi connectivity index (χ1) is 22.5. The van der Waals surface area contributed by atoms with Crippen molar-refractivity contribution >= 4 is 17.8 Å². The highest BCUT2D eigenvalue weighted by Gasteiger charge is 2.27. The monoisotopic (exact) mass is 638 g/mol. The van der Waals surface area contributed by atoms with E-state index >= 15 is 0 Å². The fourth-order valence-electron chi connectivity index (χ4n) is 4.99. The second-order valence-corrected chi connectivity index (χ2v) is 12.7. The van der Waals surface area contributed by atoms with Crippen LogP contribution in [0.1, 0.15) is 86.4 Å². The van der Waals surface area contributed by atoms with Crippen LogP contribution in [0.15, 0.2) is 97.2 Å². The van der Waals surface area contributed by atoms with Gasteiger partial charge in [-0.05, 0) is 43.2 Å². The molecule has 0 spiro atoms. The number of carbonyl (C=O) groups is 3. The number of imidazole rings is 1. The molecule has 1 heterocycles. The van der Waals surface area contributed by atoms with Crippen LogP contribution >= 0.6 is 0 Å². The summed E-state index contributed by atoms with van der Waals surface area (Å²) in [5.41, 5.74) is 3.83. The largest absolute Gasteiger partial charge is 0.445 e. The molecule has 47 heavy (non-hydrogen) atoms. The number of nitrogens with zero attached hydrogens (tertiary/aromatic N) is 1. The maximum Gasteiger partial charge on any atom is 0.408 e. The minimum Gasteiger partial charge on any atom is -0.445 e. The first-order valence-electron chi connectivity index (χ1n) is 16.5. The van der Waals surface area contributed by atoms with E-state index in [-0.39, 0.29) is 42.1 Å². The molecule has 3 atom stereocenters. The van der Waals surface area contributed by atoms with Crippen molar-refractivity contribution in [3.05, 3.63) is 125 Å². The molecule has 0 bridgehead atoms. The number of rotatable bonds is 14. The van der Waals surface area contributed by atoms with E-state index in [4.69, 9.17) is 4.74 Å². The standard InChI is InChI=1S/C32H42N4O4.C7H8/c1-21(2)28(36-32(39)40-20-25-14-10-7-11-15-25)31(38)34-26(18-24-12-8-6-9-13-24)17-16-23(5)30-33-19-27(35-30)29(37)22(3)4;1-7-5-3-2-4-6-7/h6-15,19,21-23,26,28H,16-18,20H2,1-5H3,(H,33,35)(H,34,38)(H,36,39);2-6H,1H3/t23?,26-,28?;/m1./s1. The maximum atomic E-state index is 13.4. The molecule has 0 aliphatic rings. The summed E-state index contributed by atoms with van der Waals surface area (Å²) in [6.07, 6.45) is 3.07. The molecule has 3 aromatic carbocycles. The van der Waals surface area contributed by atoms with Crippen molar-refractivity contribution in [2.45, 2.75) is 85.4 Å². The lowest BCUT2D eigenvalue weighted by Gasteiger charge is -2.26. The van der Waals surface area contributed by atoms with Gasteiger partial charge in [0.2, 0.25) is 5.91 Å². The summed E-state index contributed by atoms with van der Waals surface area (Å²) >= 11 is 0. The van der Waals surface area contributed by atoms with Gasteiger partial charge >= 0.3 is 6.09 Å². The zero-order valence-corrected chi connectivity index (χ0v) is 28.5. The van der Waals surface area contributed by atoms with Crippen LogP contribution in [0.4, 0.5) is 4.79 Å². The third-order valence-electron chi connectivity index (χ3n) is 7.85. The summed E-state index contributed by atoms with van der Waals surface area (Å²) in [7, 11) is 0. The van der Waals surface area contributed by atoms with Crippen LogP contribution in [-0.2, 0) is 22.6 Å². The molecule has 250 valence electrons. The van der Waals surface area contributed by atoms with E-state index in [1.807, 2.05) is 107 Å². The number of aromatic amines is 1. The Morgan fingerprint density at radius 1 is 0.766 bits per heavy atom. The lowest BCUT2D eigenvalue weighted by atomic mass is 9.95. The van der Waals surface area contributed by atoms with Gasteiger partial charge < -0.3 is 20.4 Å². The van der Waals surface area contributed by atoms with Crippen molar-refractivity contribution < 1.29 is 19.1 Å². The van der Waals surface area contributed by atoms with E-state index in [0.717, 1.165) is 23.4 Å². The Labute approximate surface area is 279 Å². The van der Waals surface area contributed by atoms with E-state index in [1.54, 1.807) is 6.20 Å². The molecule has 1 aromatic heterocycles. The minimum absolute atomic E-state index is 0.0367. The topological polar surface area (TPSA) is 113 Å². The Morgan fingerprint density at radius 3 is 1.87 bits per heavy atom. The van der Waals surface area contributed by atoms with Crippen LogP contribution in [0.5, 0.6) is 0 Å². The molecule has 4 rings (SSSR count). The van der Waals surface area contributed by atoms with Gasteiger partial charge in [-0.2, -0.15) is 0 Å². The molecule has 2 amide bonds. The van der Waals surface area contributed by atoms with E-state index in [2.05, 4.69) is 46.6 Å². The molecule has 0 aliphatic carbocycles. The van der Waals surface area contributed by atoms with Crippen molar-refractivity contribution in [1.29, 1.82) is 0 Å². The van der Waals surface area contributed by atoms with Gasteiger partial charge in [0.05, 0.1) is 6.20 Å². The Kier molecular flexibility index (Phi) is 14.9. The number of aromatic nitrogens is 2. The lowest BCUT2D eigenvalue weighted by molar-refractivity contribution is -0.124. The molecular formula is C39H50N4O4. The van der Waals surface area contributed by atoms with Gasteiger partial charge in [0, 0.05) is 17.9 Å². The number of alkyl carbamates (subject to hydrolysis) is 1. The number of H-pyrrole nitrogens is 1. The Hall–Kier alpha value is -4.72. The molecule has 0 saturated carbocycles. The van der Waals surface area contributed by atoms with Crippen LogP contribution in [-0.4, -0.2) is 39.8 Å². The average Bonchev–Trinajstić information content (AvgIpc) is 3.56. The number of nitrogens with one attached hydrogen (secondary N) is 3. The molecule has 8 heteroatoms. The van der Waals surface area contributed by atoms with Crippen molar-refractivity contribution in [3.63, 3.8) is 0 Å². The summed E-state index contributed by atoms with van der Waals surface area (Å²) in [5, 5.41) is 5.93. The van der Waals surface area contributed by atoms with E-state index in [1.165, 1.54) is 5.56 Å². The van der Waals surface area contributed by atoms with E-state index in [0.29, 0.717) is 18.5 Å². The number of carbonyl (C=O) groups excluding carboxylic acids is 3. The van der Waals surface area contributed by atoms with Crippen molar-refractivity contribution in [3.8, 4) is 0 Å². The number of ketones is 1. The first kappa shape index (κ1) is 36.7. The fourth-order valence-corrected chi connectivity index (χ4v) is 4.99. The van der Waals surface area contributed by atoms with Crippen LogP contribution in [0, 0.1) is 18.8 Å². The zero-order chi connectivity index (χ0) is 34.2. The maximum absolute atomic E-state index is 13.4. The van der Waals surface area contributed by atoms with Gasteiger partial charge in [-0.1, -0.05) is 131 Å². The van der Waals surface area contributed by atoms with Gasteiger partial charge in [0.1, 0.15) is 24.2 Å². The first-order valence-corrected chi connectivity index (χ1v) is 16.5. The third kappa shape index (κ3) is 12.9. The predicted molar refractivity (Wildman–Crippen MR) is 187 cm³/mol. The average molecular weight is 639 g/mol. The van der Waals surface area contributed by atoms with Crippen molar-refractivity contribution in [2.75, 3.05) is 0 Å². The molecule has 0 radical (unpaired) electrons. The molecule has 4 aromatic rings. The number of aryl methyl sites for hydroxylation is 1. The molecule has 2 unspecified atom stereocenters. The molecule has 0 fully saturated rings. The second-order valence-electron chi connectivity index (χ2n) is 12.7. The molecular weight excluding hydrogens is 588 g/mol. The summed E-state index contributed by atoms with van der Waals surface area (Å²) in [5.74, 6) is 0.373. The number of ether oxygens (including phenoxy) is 1. The Morgan fingerprint density at radius 2 is 1.34 bits per heavy atom. The van der Waals surface area contributed by atoms with Gasteiger partial charge in [0.25, 0.3) is 0 Å². The van der Waals surface area contributed by atoms with E-state index < -0.39 is 12.1 Å². The molecule has 0 saturated heterocycles.